The molecule has 0 spiro atoms. The number of rotatable bonds is 1. The van der Waals surface area contributed by atoms with Crippen molar-refractivity contribution in [1.82, 2.24) is 4.13 Å². The second kappa shape index (κ2) is 3.30. The lowest BCUT2D eigenvalue weighted by Gasteiger charge is -1.94. The molecule has 0 radical (unpaired) electrons. The molecule has 0 aliphatic carbocycles. The van der Waals surface area contributed by atoms with E-state index in [0.717, 1.165) is 5.04 Å². The number of hydrogen-bond acceptors (Lipinski definition) is 4. The van der Waals surface area contributed by atoms with Crippen molar-refractivity contribution in [2.24, 2.45) is 4.40 Å². The molecule has 2 nitrogen and oxygen atoms in total. The first-order valence-corrected chi connectivity index (χ1v) is 4.77. The summed E-state index contributed by atoms with van der Waals surface area (Å²) in [7, 11) is 0. The minimum absolute atomic E-state index is 1.05. The minimum Gasteiger partial charge on any atom is -0.191 e. The van der Waals surface area contributed by atoms with Crippen molar-refractivity contribution in [3.63, 3.8) is 0 Å². The molecule has 0 saturated carbocycles. The summed E-state index contributed by atoms with van der Waals surface area (Å²) < 4.78 is 7.19. The fourth-order valence-electron chi connectivity index (χ4n) is 0.829. The van der Waals surface area contributed by atoms with Gasteiger partial charge in [0.25, 0.3) is 0 Å². The van der Waals surface area contributed by atoms with E-state index in [2.05, 4.69) is 20.7 Å². The average molecular weight is 182 g/mol. The van der Waals surface area contributed by atoms with Gasteiger partial charge in [-0.3, -0.25) is 0 Å². The second-order valence-corrected chi connectivity index (χ2v) is 3.66. The normalized spacial score (nSPS) is 16.5. The highest BCUT2D eigenvalue weighted by Gasteiger charge is 2.08. The van der Waals surface area contributed by atoms with Crippen molar-refractivity contribution in [3.8, 4) is 0 Å². The number of hydrogen-bond donors (Lipinski definition) is 1. The zero-order valence-electron chi connectivity index (χ0n) is 5.65. The predicted molar refractivity (Wildman–Crippen MR) is 51.3 cm³/mol. The van der Waals surface area contributed by atoms with Crippen LogP contribution in [0.3, 0.4) is 0 Å². The van der Waals surface area contributed by atoms with Gasteiger partial charge in [0.15, 0.2) is 0 Å². The Morgan fingerprint density at radius 1 is 1.18 bits per heavy atom. The first-order valence-electron chi connectivity index (χ1n) is 3.18. The van der Waals surface area contributed by atoms with E-state index < -0.39 is 0 Å². The molecule has 0 atom stereocenters. The van der Waals surface area contributed by atoms with E-state index in [-0.39, 0.29) is 0 Å². The minimum atomic E-state index is 1.05. The summed E-state index contributed by atoms with van der Waals surface area (Å²) in [5, 5.41) is 1.05. The van der Waals surface area contributed by atoms with Crippen molar-refractivity contribution in [3.05, 3.63) is 35.9 Å². The van der Waals surface area contributed by atoms with Crippen molar-refractivity contribution in [2.45, 2.75) is 0 Å². The molecular weight excluding hydrogens is 176 g/mol. The smallest absolute Gasteiger partial charge is 0.129 e. The predicted octanol–water partition coefficient (Wildman–Crippen LogP) is 2.25. The SMILES string of the molecule is c1ccc(C2=NSNS2)cc1. The molecule has 1 N–H and O–H groups in total. The van der Waals surface area contributed by atoms with Gasteiger partial charge in [-0.2, -0.15) is 8.53 Å². The van der Waals surface area contributed by atoms with E-state index in [9.17, 15) is 0 Å². The molecule has 1 heterocycles. The van der Waals surface area contributed by atoms with Crippen LogP contribution in [-0.2, 0) is 0 Å². The van der Waals surface area contributed by atoms with Gasteiger partial charge in [0, 0.05) is 5.56 Å². The number of benzene rings is 1. The molecule has 4 heteroatoms. The van der Waals surface area contributed by atoms with E-state index >= 15 is 0 Å². The summed E-state index contributed by atoms with van der Waals surface area (Å²) in [6, 6.07) is 10.1. The highest BCUT2D eigenvalue weighted by Crippen LogP contribution is 2.22. The maximum Gasteiger partial charge on any atom is 0.129 e. The third-order valence-electron chi connectivity index (χ3n) is 1.32. The van der Waals surface area contributed by atoms with Gasteiger partial charge in [0.05, 0.1) is 12.1 Å². The molecule has 1 aliphatic rings. The lowest BCUT2D eigenvalue weighted by atomic mass is 10.2. The quantitative estimate of drug-likeness (QED) is 0.674. The lowest BCUT2D eigenvalue weighted by Crippen LogP contribution is -1.92. The summed E-state index contributed by atoms with van der Waals surface area (Å²) in [4.78, 5) is 0. The Kier molecular flexibility index (Phi) is 2.16. The van der Waals surface area contributed by atoms with Gasteiger partial charge in [-0.05, 0) is 11.9 Å². The summed E-state index contributed by atoms with van der Waals surface area (Å²) in [6.07, 6.45) is 0. The Hall–Kier alpha value is -0.450. The fourth-order valence-corrected chi connectivity index (χ4v) is 2.15. The van der Waals surface area contributed by atoms with E-state index in [1.165, 1.54) is 17.7 Å². The van der Waals surface area contributed by atoms with E-state index in [4.69, 9.17) is 0 Å². The Bertz CT molecular complexity index is 271. The Morgan fingerprint density at radius 2 is 2.00 bits per heavy atom. The van der Waals surface area contributed by atoms with E-state index in [1.54, 1.807) is 11.9 Å². The van der Waals surface area contributed by atoms with Gasteiger partial charge >= 0.3 is 0 Å². The van der Waals surface area contributed by atoms with Crippen molar-refractivity contribution >= 4 is 29.1 Å². The standard InChI is InChI=1S/C7H6N2S2/c1-2-4-6(5-3-1)7-8-11-9-10-7/h1-5,9H. The van der Waals surface area contributed by atoms with Crippen LogP contribution in [0.5, 0.6) is 0 Å². The maximum absolute atomic E-state index is 4.19. The monoisotopic (exact) mass is 182 g/mol. The molecule has 1 aromatic rings. The molecule has 1 aromatic carbocycles. The summed E-state index contributed by atoms with van der Waals surface area (Å²) in [5.41, 5.74) is 1.18. The molecule has 0 fully saturated rings. The van der Waals surface area contributed by atoms with Gasteiger partial charge in [-0.15, -0.1) is 0 Å². The third-order valence-corrected chi connectivity index (χ3v) is 2.87. The second-order valence-electron chi connectivity index (χ2n) is 2.04. The van der Waals surface area contributed by atoms with Gasteiger partial charge in [-0.1, -0.05) is 30.3 Å². The molecule has 0 aromatic heterocycles. The highest BCUT2D eigenvalue weighted by molar-refractivity contribution is 8.24. The van der Waals surface area contributed by atoms with Crippen LogP contribution < -0.4 is 4.13 Å². The van der Waals surface area contributed by atoms with Crippen LogP contribution >= 0.6 is 24.1 Å². The first kappa shape index (κ1) is 7.21. The van der Waals surface area contributed by atoms with Crippen molar-refractivity contribution in [2.75, 3.05) is 0 Å². The van der Waals surface area contributed by atoms with E-state index in [0.29, 0.717) is 0 Å². The summed E-state index contributed by atoms with van der Waals surface area (Å²) in [6.45, 7) is 0. The molecule has 0 saturated heterocycles. The van der Waals surface area contributed by atoms with Gasteiger partial charge in [0.1, 0.15) is 5.04 Å². The largest absolute Gasteiger partial charge is 0.191 e. The molecule has 11 heavy (non-hydrogen) atoms. The Labute approximate surface area is 73.9 Å². The molecule has 2 rings (SSSR count). The fraction of sp³-hybridized carbons (Fsp3) is 0. The van der Waals surface area contributed by atoms with Gasteiger partial charge in [-0.25, -0.2) is 0 Å². The molecule has 0 amide bonds. The molecule has 0 unspecified atom stereocenters. The third kappa shape index (κ3) is 1.58. The average Bonchev–Trinajstić information content (AvgIpc) is 2.58. The van der Waals surface area contributed by atoms with Crippen LogP contribution in [0.1, 0.15) is 5.56 Å². The van der Waals surface area contributed by atoms with Crippen LogP contribution in [0, 0.1) is 0 Å². The Morgan fingerprint density at radius 3 is 2.64 bits per heavy atom. The van der Waals surface area contributed by atoms with Crippen LogP contribution in [0.2, 0.25) is 0 Å². The van der Waals surface area contributed by atoms with Gasteiger partial charge in [0.2, 0.25) is 0 Å². The number of nitrogens with one attached hydrogen (secondary N) is 1. The van der Waals surface area contributed by atoms with Crippen LogP contribution in [-0.4, -0.2) is 5.04 Å². The van der Waals surface area contributed by atoms with Crippen LogP contribution in [0.25, 0.3) is 0 Å². The number of nitrogens with zero attached hydrogens (tertiary/aromatic N) is 1. The maximum atomic E-state index is 4.19. The molecule has 56 valence electrons. The lowest BCUT2D eigenvalue weighted by molar-refractivity contribution is 1.66. The zero-order chi connectivity index (χ0) is 7.52. The molecule has 0 bridgehead atoms. The first-order chi connectivity index (χ1) is 5.47. The summed E-state index contributed by atoms with van der Waals surface area (Å²) >= 11 is 2.94. The topological polar surface area (TPSA) is 24.4 Å². The molecular formula is C7H6N2S2. The van der Waals surface area contributed by atoms with Crippen LogP contribution in [0.15, 0.2) is 34.7 Å². The van der Waals surface area contributed by atoms with Crippen LogP contribution in [0.4, 0.5) is 0 Å². The highest BCUT2D eigenvalue weighted by atomic mass is 32.2. The van der Waals surface area contributed by atoms with Gasteiger partial charge < -0.3 is 0 Å². The van der Waals surface area contributed by atoms with E-state index in [1.807, 2.05) is 18.2 Å². The molecule has 1 aliphatic heterocycles. The Balaban J connectivity index is 2.29. The zero-order valence-corrected chi connectivity index (χ0v) is 7.28. The summed E-state index contributed by atoms with van der Waals surface area (Å²) in [5.74, 6) is 0. The van der Waals surface area contributed by atoms with Crippen molar-refractivity contribution in [1.29, 1.82) is 0 Å². The van der Waals surface area contributed by atoms with Crippen molar-refractivity contribution < 1.29 is 0 Å².